The summed E-state index contributed by atoms with van der Waals surface area (Å²) in [6, 6.07) is 0. The van der Waals surface area contributed by atoms with Crippen LogP contribution in [-0.4, -0.2) is 120 Å². The molecule has 0 bridgehead atoms. The van der Waals surface area contributed by atoms with Crippen LogP contribution >= 0.6 is 0 Å². The fraction of sp³-hybridized carbons (Fsp3) is 1.00. The second-order valence-electron chi connectivity index (χ2n) is 10.7. The summed E-state index contributed by atoms with van der Waals surface area (Å²) in [6.07, 6.45) is 1.09. The van der Waals surface area contributed by atoms with Crippen molar-refractivity contribution in [1.82, 2.24) is 0 Å². The van der Waals surface area contributed by atoms with Gasteiger partial charge in [0.05, 0.1) is 19.8 Å². The summed E-state index contributed by atoms with van der Waals surface area (Å²) < 4.78 is 59.0. The van der Waals surface area contributed by atoms with E-state index in [9.17, 15) is 38.5 Å². The molecular formula is C26H49NaO13S. The Morgan fingerprint density at radius 1 is 0.902 bits per heavy atom. The van der Waals surface area contributed by atoms with Gasteiger partial charge in [-0.3, -0.25) is 4.18 Å². The largest absolute Gasteiger partial charge is 1.00 e. The molecule has 0 aromatic heterocycles. The van der Waals surface area contributed by atoms with E-state index in [-0.39, 0.29) is 42.8 Å². The van der Waals surface area contributed by atoms with Crippen molar-refractivity contribution in [2.45, 2.75) is 139 Å². The molecule has 2 heterocycles. The van der Waals surface area contributed by atoms with Crippen LogP contribution in [-0.2, 0) is 33.5 Å². The first kappa shape index (κ1) is 39.5. The molecule has 0 aliphatic carbocycles. The van der Waals surface area contributed by atoms with E-state index in [4.69, 9.17) is 18.9 Å². The third-order valence-electron chi connectivity index (χ3n) is 7.31. The number of aliphatic hydroxyl groups is 5. The zero-order chi connectivity index (χ0) is 29.5. The Kier molecular flexibility index (Phi) is 20.5. The van der Waals surface area contributed by atoms with Crippen molar-refractivity contribution in [1.29, 1.82) is 0 Å². The molecule has 0 amide bonds. The van der Waals surface area contributed by atoms with E-state index >= 15 is 0 Å². The van der Waals surface area contributed by atoms with Crippen molar-refractivity contribution >= 4 is 10.4 Å². The van der Waals surface area contributed by atoms with Crippen LogP contribution in [0.3, 0.4) is 0 Å². The molecule has 2 rings (SSSR count). The van der Waals surface area contributed by atoms with E-state index in [0.717, 1.165) is 19.3 Å². The van der Waals surface area contributed by atoms with Crippen molar-refractivity contribution in [3.05, 3.63) is 0 Å². The molecule has 5 N–H and O–H groups in total. The molecule has 0 saturated carbocycles. The van der Waals surface area contributed by atoms with Gasteiger partial charge < -0.3 is 49.0 Å². The number of hydrogen-bond acceptors (Lipinski definition) is 13. The Balaban J connectivity index is 0.00000840. The molecule has 0 aromatic carbocycles. The molecule has 0 aromatic rings. The van der Waals surface area contributed by atoms with Crippen LogP contribution in [0.15, 0.2) is 0 Å². The Morgan fingerprint density at radius 3 is 2.00 bits per heavy atom. The zero-order valence-electron chi connectivity index (χ0n) is 24.4. The van der Waals surface area contributed by atoms with Crippen molar-refractivity contribution in [3.8, 4) is 0 Å². The fourth-order valence-corrected chi connectivity index (χ4v) is 5.55. The standard InChI is InChI=1S/C26H50O13S.Na/c1-2-3-4-5-6-7-8-9-10-11-12-13-14-35-16-18(28)23-24(19(29)17-36-23)38-26-22(31)21(30)25(20(15-27)37-26)39-40(32,33)34;/h18-31H,2-17H2,1H3,(H,32,33,34);/q;+1/p-1/t18-,19+,20-,21-,22-,23+,24-,25+,26+;/m1./s1. The Labute approximate surface area is 266 Å². The van der Waals surface area contributed by atoms with Crippen molar-refractivity contribution in [3.63, 3.8) is 0 Å². The van der Waals surface area contributed by atoms with Gasteiger partial charge in [-0.2, -0.15) is 0 Å². The van der Waals surface area contributed by atoms with Gasteiger partial charge in [0.2, 0.25) is 10.4 Å². The van der Waals surface area contributed by atoms with Gasteiger partial charge >= 0.3 is 29.6 Å². The van der Waals surface area contributed by atoms with E-state index in [1.165, 1.54) is 57.8 Å². The maximum Gasteiger partial charge on any atom is 1.00 e. The van der Waals surface area contributed by atoms with E-state index in [0.29, 0.717) is 6.61 Å². The van der Waals surface area contributed by atoms with Crippen LogP contribution in [0.5, 0.6) is 0 Å². The topological polar surface area (TPSA) is 204 Å². The smallest absolute Gasteiger partial charge is 0.726 e. The van der Waals surface area contributed by atoms with E-state index < -0.39 is 72.1 Å². The van der Waals surface area contributed by atoms with Crippen LogP contribution in [0.2, 0.25) is 0 Å². The maximum atomic E-state index is 10.9. The average Bonchev–Trinajstić information content (AvgIpc) is 3.27. The number of unbranched alkanes of at least 4 members (excludes halogenated alkanes) is 11. The summed E-state index contributed by atoms with van der Waals surface area (Å²) in [6.45, 7) is 1.55. The molecule has 2 aliphatic heterocycles. The predicted molar refractivity (Wildman–Crippen MR) is 141 cm³/mol. The summed E-state index contributed by atoms with van der Waals surface area (Å²) in [7, 11) is -5.28. The number of ether oxygens (including phenoxy) is 4. The molecule has 13 nitrogen and oxygen atoms in total. The van der Waals surface area contributed by atoms with Crippen LogP contribution in [0.1, 0.15) is 84.0 Å². The summed E-state index contributed by atoms with van der Waals surface area (Å²) >= 11 is 0. The Hall–Kier alpha value is 0.510. The fourth-order valence-electron chi connectivity index (χ4n) is 5.04. The first-order valence-electron chi connectivity index (χ1n) is 14.6. The van der Waals surface area contributed by atoms with E-state index in [2.05, 4.69) is 11.1 Å². The van der Waals surface area contributed by atoms with Gasteiger partial charge in [0, 0.05) is 6.61 Å². The molecule has 41 heavy (non-hydrogen) atoms. The second-order valence-corrected chi connectivity index (χ2v) is 11.7. The molecule has 238 valence electrons. The van der Waals surface area contributed by atoms with Crippen molar-refractivity contribution in [2.24, 2.45) is 0 Å². The number of rotatable bonds is 21. The zero-order valence-corrected chi connectivity index (χ0v) is 27.2. The molecule has 0 spiro atoms. The predicted octanol–water partition coefficient (Wildman–Crippen LogP) is -2.50. The van der Waals surface area contributed by atoms with Gasteiger partial charge in [-0.25, -0.2) is 8.42 Å². The SMILES string of the molecule is CCCCCCCCCCCCCCOC[C@@H](O)[C@@H]1OC[C@H](O)[C@H]1O[C@@H]1O[C@H](CO)[C@H](OS(=O)(=O)[O-])[C@H](O)[C@H]1O.[Na+]. The maximum absolute atomic E-state index is 10.9. The molecule has 2 fully saturated rings. The quantitative estimate of drug-likeness (QED) is 0.0388. The van der Waals surface area contributed by atoms with Crippen LogP contribution in [0.4, 0.5) is 0 Å². The van der Waals surface area contributed by atoms with Gasteiger partial charge in [0.25, 0.3) is 0 Å². The minimum absolute atomic E-state index is 0. The van der Waals surface area contributed by atoms with Gasteiger partial charge in [-0.05, 0) is 6.42 Å². The third kappa shape index (κ3) is 14.4. The second kappa shape index (κ2) is 21.3. The first-order chi connectivity index (χ1) is 19.1. The van der Waals surface area contributed by atoms with Crippen LogP contribution < -0.4 is 29.6 Å². The molecule has 15 heteroatoms. The molecule has 9 atom stereocenters. The van der Waals surface area contributed by atoms with E-state index in [1.54, 1.807) is 0 Å². The molecule has 2 saturated heterocycles. The molecular weight excluding hydrogens is 575 g/mol. The van der Waals surface area contributed by atoms with Gasteiger partial charge in [-0.15, -0.1) is 0 Å². The van der Waals surface area contributed by atoms with Crippen molar-refractivity contribution < 1.29 is 91.2 Å². The van der Waals surface area contributed by atoms with Gasteiger partial charge in [0.15, 0.2) is 6.29 Å². The minimum atomic E-state index is -5.28. The minimum Gasteiger partial charge on any atom is -0.726 e. The normalized spacial score (nSPS) is 31.2. The van der Waals surface area contributed by atoms with Crippen LogP contribution in [0.25, 0.3) is 0 Å². The molecule has 0 unspecified atom stereocenters. The van der Waals surface area contributed by atoms with Crippen molar-refractivity contribution in [2.75, 3.05) is 26.4 Å². The Morgan fingerprint density at radius 2 is 1.46 bits per heavy atom. The third-order valence-corrected chi connectivity index (χ3v) is 7.77. The average molecular weight is 625 g/mol. The first-order valence-corrected chi connectivity index (χ1v) is 15.9. The molecule has 0 radical (unpaired) electrons. The van der Waals surface area contributed by atoms with Gasteiger partial charge in [-0.1, -0.05) is 77.6 Å². The summed E-state index contributed by atoms with van der Waals surface area (Å²) in [5.41, 5.74) is 0. The van der Waals surface area contributed by atoms with Gasteiger partial charge in [0.1, 0.15) is 48.8 Å². The number of hydrogen-bond donors (Lipinski definition) is 5. The number of aliphatic hydroxyl groups excluding tert-OH is 5. The Bertz CT molecular complexity index is 774. The summed E-state index contributed by atoms with van der Waals surface area (Å²) in [5.74, 6) is 0. The van der Waals surface area contributed by atoms with Crippen LogP contribution in [0, 0.1) is 0 Å². The molecule has 2 aliphatic rings. The summed E-state index contributed by atoms with van der Waals surface area (Å²) in [5, 5.41) is 51.0. The van der Waals surface area contributed by atoms with E-state index in [1.807, 2.05) is 0 Å². The monoisotopic (exact) mass is 624 g/mol. The summed E-state index contributed by atoms with van der Waals surface area (Å²) in [4.78, 5) is 0.